The molecule has 2 aromatic carbocycles. The first-order valence-corrected chi connectivity index (χ1v) is 18.0. The van der Waals surface area contributed by atoms with E-state index in [0.717, 1.165) is 47.6 Å². The van der Waals surface area contributed by atoms with Crippen LogP contribution in [0.2, 0.25) is 0 Å². The van der Waals surface area contributed by atoms with E-state index in [2.05, 4.69) is 11.0 Å². The number of aliphatic hydroxyl groups excluding tert-OH is 1. The third kappa shape index (κ3) is 8.45. The average Bonchev–Trinajstić information content (AvgIpc) is 3.09. The second kappa shape index (κ2) is 16.6. The summed E-state index contributed by atoms with van der Waals surface area (Å²) in [6.45, 7) is 6.78. The minimum Gasteiger partial charge on any atom is -0.490 e. The molecule has 3 aliphatic rings. The molecule has 0 saturated carbocycles. The lowest BCUT2D eigenvalue weighted by molar-refractivity contribution is -0.0354. The fourth-order valence-corrected chi connectivity index (χ4v) is 8.56. The number of sulfonamides is 1. The molecule has 2 aromatic rings. The molecule has 0 aromatic heterocycles. The van der Waals surface area contributed by atoms with Gasteiger partial charge >= 0.3 is 0 Å². The van der Waals surface area contributed by atoms with Crippen molar-refractivity contribution in [1.29, 1.82) is 0 Å². The van der Waals surface area contributed by atoms with Crippen molar-refractivity contribution in [2.75, 3.05) is 78.3 Å². The number of anilines is 1. The van der Waals surface area contributed by atoms with Gasteiger partial charge in [0, 0.05) is 58.9 Å². The maximum atomic E-state index is 14.1. The lowest BCUT2D eigenvalue weighted by atomic mass is 9.79. The molecule has 4 atom stereocenters. The van der Waals surface area contributed by atoms with Crippen molar-refractivity contribution in [2.24, 2.45) is 5.92 Å². The molecule has 10 nitrogen and oxygen atoms in total. The molecule has 11 heteroatoms. The highest BCUT2D eigenvalue weighted by atomic mass is 32.2. The normalized spacial score (nSPS) is 24.7. The summed E-state index contributed by atoms with van der Waals surface area (Å²) in [4.78, 5) is 2.31. The maximum Gasteiger partial charge on any atom is 0.223 e. The predicted octanol–water partition coefficient (Wildman–Crippen LogP) is 4.28. The summed E-state index contributed by atoms with van der Waals surface area (Å²) >= 11 is 0. The molecule has 0 bridgehead atoms. The van der Waals surface area contributed by atoms with Crippen LogP contribution in [0.15, 0.2) is 66.8 Å². The number of hydrogen-bond acceptors (Lipinski definition) is 9. The lowest BCUT2D eigenvalue weighted by Crippen LogP contribution is -2.56. The van der Waals surface area contributed by atoms with E-state index in [4.69, 9.17) is 23.7 Å². The number of fused-ring (bicyclic) bond motifs is 1. The number of rotatable bonds is 16. The zero-order chi connectivity index (χ0) is 33.3. The van der Waals surface area contributed by atoms with Gasteiger partial charge in [-0.3, -0.25) is 0 Å². The minimum absolute atomic E-state index is 0.169. The number of methoxy groups -OCH3 is 2. The van der Waals surface area contributed by atoms with Crippen LogP contribution in [0.5, 0.6) is 5.75 Å². The summed E-state index contributed by atoms with van der Waals surface area (Å²) in [6, 6.07) is 14.2. The molecular weight excluding hydrogens is 620 g/mol. The summed E-state index contributed by atoms with van der Waals surface area (Å²) in [5.41, 5.74) is 4.03. The first kappa shape index (κ1) is 35.5. The van der Waals surface area contributed by atoms with Gasteiger partial charge in [0.15, 0.2) is 0 Å². The van der Waals surface area contributed by atoms with Crippen molar-refractivity contribution in [3.05, 3.63) is 83.5 Å². The third-order valence-electron chi connectivity index (χ3n) is 9.40. The van der Waals surface area contributed by atoms with Crippen LogP contribution < -0.4 is 9.64 Å². The van der Waals surface area contributed by atoms with Crippen LogP contribution in [0.1, 0.15) is 42.4 Å². The summed E-state index contributed by atoms with van der Waals surface area (Å²) in [6.07, 6.45) is 8.14. The van der Waals surface area contributed by atoms with Crippen LogP contribution in [0.3, 0.4) is 0 Å². The van der Waals surface area contributed by atoms with Gasteiger partial charge in [0.05, 0.1) is 44.8 Å². The van der Waals surface area contributed by atoms with Crippen LogP contribution in [-0.2, 0) is 42.2 Å². The molecule has 0 amide bonds. The molecule has 47 heavy (non-hydrogen) atoms. The molecule has 0 spiro atoms. The number of ether oxygens (including phenoxy) is 5. The topological polar surface area (TPSA) is 107 Å². The fraction of sp³-hybridized carbons (Fsp3) is 0.556. The summed E-state index contributed by atoms with van der Waals surface area (Å²) in [5.74, 6) is 0.281. The molecule has 0 radical (unpaired) electrons. The van der Waals surface area contributed by atoms with Crippen molar-refractivity contribution in [3.63, 3.8) is 0 Å². The van der Waals surface area contributed by atoms with Crippen molar-refractivity contribution in [3.8, 4) is 5.75 Å². The zero-order valence-electron chi connectivity index (χ0n) is 27.9. The molecule has 1 fully saturated rings. The summed E-state index contributed by atoms with van der Waals surface area (Å²) in [7, 11) is -0.398. The molecule has 2 heterocycles. The Balaban J connectivity index is 1.39. The molecule has 1 N–H and O–H groups in total. The Morgan fingerprint density at radius 3 is 2.49 bits per heavy atom. The molecule has 1 unspecified atom stereocenters. The van der Waals surface area contributed by atoms with E-state index in [9.17, 15) is 13.5 Å². The molecule has 1 aliphatic carbocycles. The van der Waals surface area contributed by atoms with Gasteiger partial charge in [0.25, 0.3) is 0 Å². The van der Waals surface area contributed by atoms with E-state index in [0.29, 0.717) is 39.5 Å². The highest BCUT2D eigenvalue weighted by molar-refractivity contribution is 7.90. The third-order valence-corrected chi connectivity index (χ3v) is 11.9. The number of hydrogen-bond donors (Lipinski definition) is 1. The van der Waals surface area contributed by atoms with E-state index in [1.54, 1.807) is 33.3 Å². The smallest absolute Gasteiger partial charge is 0.223 e. The highest BCUT2D eigenvalue weighted by Crippen LogP contribution is 2.40. The van der Waals surface area contributed by atoms with Crippen molar-refractivity contribution in [2.45, 2.75) is 49.7 Å². The Bertz CT molecular complexity index is 1460. The highest BCUT2D eigenvalue weighted by Gasteiger charge is 2.48. The van der Waals surface area contributed by atoms with Crippen LogP contribution in [0, 0.1) is 5.92 Å². The average molecular weight is 671 g/mol. The standard InChI is InChI=1S/C36H50N2O8S/c1-36(14-5-4-6-15-36)47(40,41)38-23-31(25-39)35(30-11-8-28(9-12-30)26-44-21-20-43-3)34(24-38)46-27-29-10-13-33-32(22-29)37(17-19-45-33)16-7-18-42-2/h4-6,8-14,22,31,34-35,39H,7,15-21,23-27H2,1-3H3/t31-,34-,35-,36?/m0/s1. The number of nitrogens with zero attached hydrogens (tertiary/aromatic N) is 2. The first-order chi connectivity index (χ1) is 22.8. The Hall–Kier alpha value is -2.77. The van der Waals surface area contributed by atoms with Crippen LogP contribution >= 0.6 is 0 Å². The van der Waals surface area contributed by atoms with Crippen LogP contribution in [-0.4, -0.2) is 102 Å². The molecular formula is C36H50N2O8S. The van der Waals surface area contributed by atoms with E-state index >= 15 is 0 Å². The van der Waals surface area contributed by atoms with Gasteiger partial charge < -0.3 is 33.7 Å². The van der Waals surface area contributed by atoms with Gasteiger partial charge in [-0.15, -0.1) is 0 Å². The lowest BCUT2D eigenvalue weighted by Gasteiger charge is -2.45. The Kier molecular flexibility index (Phi) is 12.5. The zero-order valence-corrected chi connectivity index (χ0v) is 28.7. The predicted molar refractivity (Wildman–Crippen MR) is 182 cm³/mol. The van der Waals surface area contributed by atoms with Gasteiger partial charge in [-0.1, -0.05) is 54.6 Å². The number of aliphatic hydroxyl groups is 1. The van der Waals surface area contributed by atoms with Crippen LogP contribution in [0.4, 0.5) is 5.69 Å². The van der Waals surface area contributed by atoms with Crippen molar-refractivity contribution >= 4 is 15.7 Å². The van der Waals surface area contributed by atoms with Crippen molar-refractivity contribution in [1.82, 2.24) is 4.31 Å². The molecule has 258 valence electrons. The van der Waals surface area contributed by atoms with E-state index in [1.165, 1.54) is 4.31 Å². The first-order valence-electron chi connectivity index (χ1n) is 16.5. The second-order valence-corrected chi connectivity index (χ2v) is 15.1. The largest absolute Gasteiger partial charge is 0.490 e. The second-order valence-electron chi connectivity index (χ2n) is 12.7. The van der Waals surface area contributed by atoms with Crippen molar-refractivity contribution < 1.29 is 37.2 Å². The molecule has 5 rings (SSSR count). The monoisotopic (exact) mass is 670 g/mol. The number of allylic oxidation sites excluding steroid dienone is 3. The maximum absolute atomic E-state index is 14.1. The number of benzene rings is 2. The Morgan fingerprint density at radius 1 is 0.979 bits per heavy atom. The van der Waals surface area contributed by atoms with Gasteiger partial charge in [-0.05, 0) is 48.6 Å². The SMILES string of the molecule is COCCCN1CCOc2ccc(CO[C@H]3CN(S(=O)(=O)C4(C)C=CC=CC4)C[C@@H](CO)[C@@H]3c3ccc(COCCOC)cc3)cc21. The van der Waals surface area contributed by atoms with Gasteiger partial charge in [0.1, 0.15) is 17.1 Å². The summed E-state index contributed by atoms with van der Waals surface area (Å²) < 4.78 is 57.4. The Morgan fingerprint density at radius 2 is 1.77 bits per heavy atom. The Labute approximate surface area is 279 Å². The van der Waals surface area contributed by atoms with Gasteiger partial charge in [-0.2, -0.15) is 4.31 Å². The van der Waals surface area contributed by atoms with Crippen LogP contribution in [0.25, 0.3) is 0 Å². The van der Waals surface area contributed by atoms with E-state index in [-0.39, 0.29) is 38.1 Å². The number of piperidine rings is 1. The van der Waals surface area contributed by atoms with Gasteiger partial charge in [-0.25, -0.2) is 8.42 Å². The fourth-order valence-electron chi connectivity index (χ4n) is 6.68. The quantitative estimate of drug-likeness (QED) is 0.262. The van der Waals surface area contributed by atoms with E-state index < -0.39 is 20.9 Å². The minimum atomic E-state index is -3.76. The molecule has 1 saturated heterocycles. The van der Waals surface area contributed by atoms with Gasteiger partial charge in [0.2, 0.25) is 10.0 Å². The molecule has 2 aliphatic heterocycles. The summed E-state index contributed by atoms with van der Waals surface area (Å²) in [5, 5.41) is 10.7. The van der Waals surface area contributed by atoms with E-state index in [1.807, 2.05) is 48.6 Å².